The highest BCUT2D eigenvalue weighted by atomic mass is 32.2. The highest BCUT2D eigenvalue weighted by Crippen LogP contribution is 2.36. The maximum atomic E-state index is 11.3. The molecule has 0 aliphatic heterocycles. The van der Waals surface area contributed by atoms with Crippen LogP contribution in [0.25, 0.3) is 10.9 Å². The number of methoxy groups -OCH3 is 1. The van der Waals surface area contributed by atoms with E-state index >= 15 is 0 Å². The van der Waals surface area contributed by atoms with Crippen LogP contribution in [0.4, 0.5) is 5.00 Å². The topological polar surface area (TPSA) is 103 Å². The molecule has 0 fully saturated rings. The van der Waals surface area contributed by atoms with Crippen LogP contribution in [0.3, 0.4) is 0 Å². The number of rotatable bonds is 2. The Bertz CT molecular complexity index is 647. The van der Waals surface area contributed by atoms with E-state index in [1.165, 1.54) is 13.2 Å². The number of nitrogen functional groups attached to an aromatic ring is 1. The van der Waals surface area contributed by atoms with Gasteiger partial charge in [-0.2, -0.15) is 12.8 Å². The Balaban J connectivity index is 2.99. The Morgan fingerprint density at radius 2 is 2.19 bits per heavy atom. The quantitative estimate of drug-likeness (QED) is 0.785. The van der Waals surface area contributed by atoms with Gasteiger partial charge in [0.05, 0.1) is 18.0 Å². The summed E-state index contributed by atoms with van der Waals surface area (Å²) >= 11 is 0.964. The first kappa shape index (κ1) is 11.1. The first-order valence-corrected chi connectivity index (χ1v) is 6.36. The highest BCUT2D eigenvalue weighted by molar-refractivity contribution is 7.86. The predicted octanol–water partition coefficient (Wildman–Crippen LogP) is 1.13. The van der Waals surface area contributed by atoms with Gasteiger partial charge in [0.25, 0.3) is 10.1 Å². The van der Waals surface area contributed by atoms with Crippen molar-refractivity contribution >= 4 is 37.6 Å². The van der Waals surface area contributed by atoms with Crippen molar-refractivity contribution in [1.29, 1.82) is 0 Å². The fraction of sp³-hybridized carbons (Fsp3) is 0.125. The molecule has 0 spiro atoms. The van der Waals surface area contributed by atoms with Crippen LogP contribution in [0.1, 0.15) is 0 Å². The molecule has 0 unspecified atom stereocenters. The number of ether oxygens (including phenoxy) is 1. The number of benzene rings is 1. The first-order chi connectivity index (χ1) is 7.45. The second kappa shape index (κ2) is 3.58. The molecule has 0 saturated heterocycles. The lowest BCUT2D eigenvalue weighted by Crippen LogP contribution is -2.03. The van der Waals surface area contributed by atoms with E-state index in [1.54, 1.807) is 6.07 Å². The lowest BCUT2D eigenvalue weighted by atomic mass is 10.2. The second-order valence-corrected chi connectivity index (χ2v) is 5.18. The standard InChI is InChI=1S/C8H8N2O4S2/c1-14-5-3-2-4-6(8(9)15-10-4)7(5)16(11,12)13/h2-3H,9H2,1H3,(H,11,12,13). The molecule has 0 amide bonds. The van der Waals surface area contributed by atoms with Crippen LogP contribution in [0.2, 0.25) is 0 Å². The molecule has 0 aliphatic rings. The largest absolute Gasteiger partial charge is 0.495 e. The maximum Gasteiger partial charge on any atom is 0.299 e. The van der Waals surface area contributed by atoms with Crippen molar-refractivity contribution in [3.05, 3.63) is 12.1 Å². The molecule has 0 radical (unpaired) electrons. The Morgan fingerprint density at radius 1 is 1.50 bits per heavy atom. The van der Waals surface area contributed by atoms with Crippen molar-refractivity contribution in [3.8, 4) is 5.75 Å². The zero-order valence-electron chi connectivity index (χ0n) is 8.17. The normalized spacial score (nSPS) is 11.9. The monoisotopic (exact) mass is 260 g/mol. The minimum atomic E-state index is -4.40. The van der Waals surface area contributed by atoms with Crippen molar-refractivity contribution in [2.75, 3.05) is 12.8 Å². The summed E-state index contributed by atoms with van der Waals surface area (Å²) in [5.41, 5.74) is 6.04. The molecule has 1 heterocycles. The Morgan fingerprint density at radius 3 is 2.75 bits per heavy atom. The third-order valence-corrected chi connectivity index (χ3v) is 3.68. The van der Waals surface area contributed by atoms with Gasteiger partial charge in [0.15, 0.2) is 0 Å². The summed E-state index contributed by atoms with van der Waals surface area (Å²) < 4.78 is 40.5. The van der Waals surface area contributed by atoms with Gasteiger partial charge >= 0.3 is 0 Å². The van der Waals surface area contributed by atoms with Crippen molar-refractivity contribution in [3.63, 3.8) is 0 Å². The van der Waals surface area contributed by atoms with E-state index in [4.69, 9.17) is 15.0 Å². The minimum Gasteiger partial charge on any atom is -0.495 e. The van der Waals surface area contributed by atoms with E-state index in [-0.39, 0.29) is 21.0 Å². The van der Waals surface area contributed by atoms with Crippen molar-refractivity contribution in [2.45, 2.75) is 4.90 Å². The second-order valence-electron chi connectivity index (χ2n) is 3.01. The molecule has 0 aliphatic carbocycles. The molecule has 6 nitrogen and oxygen atoms in total. The fourth-order valence-electron chi connectivity index (χ4n) is 1.43. The number of nitrogens with two attached hydrogens (primary N) is 1. The smallest absolute Gasteiger partial charge is 0.299 e. The molecule has 2 aromatic rings. The number of hydrogen-bond acceptors (Lipinski definition) is 6. The number of anilines is 1. The van der Waals surface area contributed by atoms with E-state index in [2.05, 4.69) is 4.37 Å². The summed E-state index contributed by atoms with van der Waals surface area (Å²) in [5.74, 6) is 0.0434. The van der Waals surface area contributed by atoms with Gasteiger partial charge < -0.3 is 10.5 Å². The van der Waals surface area contributed by atoms with Gasteiger partial charge in [-0.3, -0.25) is 4.55 Å². The van der Waals surface area contributed by atoms with Crippen LogP contribution in [-0.2, 0) is 10.1 Å². The summed E-state index contributed by atoms with van der Waals surface area (Å²) in [5, 5.41) is 0.424. The van der Waals surface area contributed by atoms with Crippen molar-refractivity contribution in [1.82, 2.24) is 4.37 Å². The van der Waals surface area contributed by atoms with Crippen LogP contribution < -0.4 is 10.5 Å². The Labute approximate surface area is 95.6 Å². The Hall–Kier alpha value is -1.38. The maximum absolute atomic E-state index is 11.3. The lowest BCUT2D eigenvalue weighted by molar-refractivity contribution is 0.399. The average molecular weight is 260 g/mol. The van der Waals surface area contributed by atoms with Crippen LogP contribution >= 0.6 is 11.5 Å². The zero-order chi connectivity index (χ0) is 11.9. The van der Waals surface area contributed by atoms with Crippen LogP contribution in [0.5, 0.6) is 5.75 Å². The van der Waals surface area contributed by atoms with E-state index in [9.17, 15) is 8.42 Å². The molecule has 86 valence electrons. The average Bonchev–Trinajstić information content (AvgIpc) is 2.58. The van der Waals surface area contributed by atoms with Crippen LogP contribution in [0.15, 0.2) is 17.0 Å². The number of aromatic nitrogens is 1. The molecule has 16 heavy (non-hydrogen) atoms. The molecule has 3 N–H and O–H groups in total. The van der Waals surface area contributed by atoms with Crippen molar-refractivity contribution < 1.29 is 17.7 Å². The summed E-state index contributed by atoms with van der Waals surface area (Å²) in [6.07, 6.45) is 0. The molecular weight excluding hydrogens is 252 g/mol. The number of nitrogens with zero attached hydrogens (tertiary/aromatic N) is 1. The van der Waals surface area contributed by atoms with Crippen LogP contribution in [0, 0.1) is 0 Å². The van der Waals surface area contributed by atoms with E-state index < -0.39 is 10.1 Å². The van der Waals surface area contributed by atoms with E-state index in [0.717, 1.165) is 11.5 Å². The van der Waals surface area contributed by atoms with Gasteiger partial charge in [0.1, 0.15) is 15.6 Å². The summed E-state index contributed by atoms with van der Waals surface area (Å²) in [6, 6.07) is 3.00. The SMILES string of the molecule is COc1ccc2nsc(N)c2c1S(=O)(=O)O. The molecule has 2 rings (SSSR count). The summed E-state index contributed by atoms with van der Waals surface area (Å²) in [6.45, 7) is 0. The minimum absolute atomic E-state index is 0.0434. The van der Waals surface area contributed by atoms with Gasteiger partial charge in [-0.25, -0.2) is 0 Å². The lowest BCUT2D eigenvalue weighted by Gasteiger charge is -2.06. The molecular formula is C8H8N2O4S2. The predicted molar refractivity (Wildman–Crippen MR) is 60.4 cm³/mol. The molecule has 1 aromatic carbocycles. The molecule has 0 saturated carbocycles. The van der Waals surface area contributed by atoms with Gasteiger partial charge in [-0.05, 0) is 23.7 Å². The van der Waals surface area contributed by atoms with Gasteiger partial charge in [0, 0.05) is 0 Å². The van der Waals surface area contributed by atoms with Crippen molar-refractivity contribution in [2.24, 2.45) is 0 Å². The van der Waals surface area contributed by atoms with E-state index in [0.29, 0.717) is 5.52 Å². The summed E-state index contributed by atoms with van der Waals surface area (Å²) in [7, 11) is -3.09. The molecule has 0 atom stereocenters. The third-order valence-electron chi connectivity index (χ3n) is 2.07. The highest BCUT2D eigenvalue weighted by Gasteiger charge is 2.23. The molecule has 1 aromatic heterocycles. The number of hydrogen-bond donors (Lipinski definition) is 2. The number of fused-ring (bicyclic) bond motifs is 1. The first-order valence-electron chi connectivity index (χ1n) is 4.14. The Kier molecular flexibility index (Phi) is 2.49. The van der Waals surface area contributed by atoms with Crippen LogP contribution in [-0.4, -0.2) is 24.5 Å². The summed E-state index contributed by atoms with van der Waals surface area (Å²) in [4.78, 5) is -0.334. The van der Waals surface area contributed by atoms with Gasteiger partial charge in [0.2, 0.25) is 0 Å². The van der Waals surface area contributed by atoms with Gasteiger partial charge in [-0.15, -0.1) is 0 Å². The van der Waals surface area contributed by atoms with E-state index in [1.807, 2.05) is 0 Å². The van der Waals surface area contributed by atoms with Gasteiger partial charge in [-0.1, -0.05) is 0 Å². The fourth-order valence-corrected chi connectivity index (χ4v) is 3.02. The molecule has 8 heteroatoms. The zero-order valence-corrected chi connectivity index (χ0v) is 9.80. The third kappa shape index (κ3) is 1.60. The molecule has 0 bridgehead atoms.